The summed E-state index contributed by atoms with van der Waals surface area (Å²) < 4.78 is 4.96. The molecule has 0 unspecified atom stereocenters. The molecular weight excluding hydrogens is 256 g/mol. The van der Waals surface area contributed by atoms with Crippen LogP contribution in [0, 0.1) is 0 Å². The van der Waals surface area contributed by atoms with E-state index in [1.54, 1.807) is 0 Å². The topological polar surface area (TPSA) is 68.2 Å². The number of hydrogen-bond donors (Lipinski definition) is 0. The first-order valence-electron chi connectivity index (χ1n) is 5.80. The highest BCUT2D eigenvalue weighted by Crippen LogP contribution is 2.23. The zero-order valence-corrected chi connectivity index (χ0v) is 11.1. The average molecular weight is 271 g/mol. The molecule has 1 fully saturated rings. The molecule has 1 saturated carbocycles. The maximum atomic E-state index is 11.2. The molecule has 0 radical (unpaired) electrons. The first kappa shape index (κ1) is 13.0. The predicted octanol–water partition coefficient (Wildman–Crippen LogP) is 1.48. The molecule has 1 heterocycles. The van der Waals surface area contributed by atoms with Crippen LogP contribution in [0.4, 0.5) is 5.95 Å². The minimum atomic E-state index is 0.107. The lowest BCUT2D eigenvalue weighted by Gasteiger charge is -2.30. The van der Waals surface area contributed by atoms with Crippen LogP contribution in [-0.2, 0) is 4.79 Å². The second-order valence-electron chi connectivity index (χ2n) is 4.27. The van der Waals surface area contributed by atoms with Crippen LogP contribution in [-0.4, -0.2) is 40.9 Å². The molecule has 98 valence electrons. The van der Waals surface area contributed by atoms with Gasteiger partial charge in [0.15, 0.2) is 0 Å². The maximum Gasteiger partial charge on any atom is 0.322 e. The Balaban J connectivity index is 2.15. The summed E-state index contributed by atoms with van der Waals surface area (Å²) in [7, 11) is 3.38. The number of carbonyl (C=O) groups is 1. The van der Waals surface area contributed by atoms with Crippen molar-refractivity contribution >= 4 is 23.3 Å². The second-order valence-corrected chi connectivity index (χ2v) is 4.61. The van der Waals surface area contributed by atoms with Crippen molar-refractivity contribution in [1.29, 1.82) is 0 Å². The quantitative estimate of drug-likeness (QED) is 0.829. The molecule has 6 nitrogen and oxygen atoms in total. The average Bonchev–Trinajstić information content (AvgIpc) is 2.38. The minimum absolute atomic E-state index is 0.107. The van der Waals surface area contributed by atoms with Crippen molar-refractivity contribution in [2.24, 2.45) is 0 Å². The first-order valence-corrected chi connectivity index (χ1v) is 6.18. The molecule has 0 aliphatic heterocycles. The predicted molar refractivity (Wildman–Crippen MR) is 67.1 cm³/mol. The minimum Gasteiger partial charge on any atom is -0.467 e. The zero-order chi connectivity index (χ0) is 13.1. The molecule has 0 N–H and O–H groups in total. The van der Waals surface area contributed by atoms with E-state index in [0.717, 1.165) is 12.8 Å². The van der Waals surface area contributed by atoms with Crippen LogP contribution in [0.2, 0.25) is 5.28 Å². The summed E-state index contributed by atoms with van der Waals surface area (Å²) in [5.41, 5.74) is 0. The zero-order valence-electron chi connectivity index (χ0n) is 10.4. The Morgan fingerprint density at radius 2 is 1.94 bits per heavy atom. The SMILES string of the molecule is COc1nc(Cl)nc(N(C)C2CCC(=O)CC2)n1. The standard InChI is InChI=1S/C11H15ClN4O2/c1-16(7-3-5-8(17)6-4-7)10-13-9(12)14-11(15-10)18-2/h7H,3-6H2,1-2H3. The lowest BCUT2D eigenvalue weighted by atomic mass is 9.94. The largest absolute Gasteiger partial charge is 0.467 e. The number of methoxy groups -OCH3 is 1. The number of anilines is 1. The van der Waals surface area contributed by atoms with Crippen molar-refractivity contribution in [3.8, 4) is 6.01 Å². The molecule has 1 aromatic heterocycles. The van der Waals surface area contributed by atoms with Crippen molar-refractivity contribution < 1.29 is 9.53 Å². The summed E-state index contributed by atoms with van der Waals surface area (Å²) in [5, 5.41) is 0.107. The third kappa shape index (κ3) is 2.87. The summed E-state index contributed by atoms with van der Waals surface area (Å²) >= 11 is 5.81. The number of hydrogen-bond acceptors (Lipinski definition) is 6. The molecule has 0 bridgehead atoms. The van der Waals surface area contributed by atoms with Gasteiger partial charge in [-0.25, -0.2) is 0 Å². The monoisotopic (exact) mass is 270 g/mol. The highest BCUT2D eigenvalue weighted by molar-refractivity contribution is 6.28. The summed E-state index contributed by atoms with van der Waals surface area (Å²) in [5.74, 6) is 0.803. The van der Waals surface area contributed by atoms with Crippen LogP contribution in [0.1, 0.15) is 25.7 Å². The smallest absolute Gasteiger partial charge is 0.322 e. The lowest BCUT2D eigenvalue weighted by Crippen LogP contribution is -2.36. The molecule has 0 aromatic carbocycles. The van der Waals surface area contributed by atoms with Gasteiger partial charge in [-0.15, -0.1) is 0 Å². The van der Waals surface area contributed by atoms with Crippen molar-refractivity contribution in [1.82, 2.24) is 15.0 Å². The number of ether oxygens (including phenoxy) is 1. The summed E-state index contributed by atoms with van der Waals surface area (Å²) in [6.07, 6.45) is 2.87. The maximum absolute atomic E-state index is 11.2. The van der Waals surface area contributed by atoms with Gasteiger partial charge in [0.1, 0.15) is 5.78 Å². The van der Waals surface area contributed by atoms with E-state index < -0.39 is 0 Å². The number of ketones is 1. The summed E-state index contributed by atoms with van der Waals surface area (Å²) in [6, 6.07) is 0.453. The molecule has 1 aliphatic carbocycles. The third-order valence-electron chi connectivity index (χ3n) is 3.13. The van der Waals surface area contributed by atoms with E-state index in [4.69, 9.17) is 16.3 Å². The third-order valence-corrected chi connectivity index (χ3v) is 3.30. The Bertz CT molecular complexity index is 445. The van der Waals surface area contributed by atoms with E-state index in [0.29, 0.717) is 24.6 Å². The van der Waals surface area contributed by atoms with Gasteiger partial charge in [-0.1, -0.05) is 0 Å². The van der Waals surface area contributed by atoms with Gasteiger partial charge >= 0.3 is 6.01 Å². The number of Topliss-reactive ketones (excluding diaryl/α,β-unsaturated/α-hetero) is 1. The van der Waals surface area contributed by atoms with Crippen LogP contribution in [0.5, 0.6) is 6.01 Å². The fraction of sp³-hybridized carbons (Fsp3) is 0.636. The van der Waals surface area contributed by atoms with Crippen molar-refractivity contribution in [2.45, 2.75) is 31.7 Å². The van der Waals surface area contributed by atoms with E-state index in [-0.39, 0.29) is 17.3 Å². The number of rotatable bonds is 3. The van der Waals surface area contributed by atoms with Gasteiger partial charge < -0.3 is 9.64 Å². The molecule has 0 amide bonds. The molecule has 2 rings (SSSR count). The Labute approximate surface area is 110 Å². The number of halogens is 1. The molecule has 0 saturated heterocycles. The molecule has 7 heteroatoms. The van der Waals surface area contributed by atoms with E-state index in [1.807, 2.05) is 11.9 Å². The lowest BCUT2D eigenvalue weighted by molar-refractivity contribution is -0.120. The Kier molecular flexibility index (Phi) is 3.96. The summed E-state index contributed by atoms with van der Waals surface area (Å²) in [6.45, 7) is 0. The van der Waals surface area contributed by atoms with E-state index in [2.05, 4.69) is 15.0 Å². The second kappa shape index (κ2) is 5.48. The van der Waals surface area contributed by atoms with Crippen molar-refractivity contribution in [3.05, 3.63) is 5.28 Å². The Morgan fingerprint density at radius 3 is 2.56 bits per heavy atom. The molecule has 1 aliphatic rings. The highest BCUT2D eigenvalue weighted by atomic mass is 35.5. The van der Waals surface area contributed by atoms with Gasteiger partial charge in [0.2, 0.25) is 11.2 Å². The van der Waals surface area contributed by atoms with Crippen molar-refractivity contribution in [3.63, 3.8) is 0 Å². The fourth-order valence-electron chi connectivity index (χ4n) is 2.05. The summed E-state index contributed by atoms with van der Waals surface area (Å²) in [4.78, 5) is 25.2. The molecule has 0 atom stereocenters. The van der Waals surface area contributed by atoms with E-state index in [1.165, 1.54) is 7.11 Å². The Morgan fingerprint density at radius 1 is 1.28 bits per heavy atom. The van der Waals surface area contributed by atoms with Crippen LogP contribution in [0.25, 0.3) is 0 Å². The van der Waals surface area contributed by atoms with Crippen molar-refractivity contribution in [2.75, 3.05) is 19.1 Å². The Hall–Kier alpha value is -1.43. The molecule has 18 heavy (non-hydrogen) atoms. The van der Waals surface area contributed by atoms with Gasteiger partial charge in [-0.2, -0.15) is 15.0 Å². The van der Waals surface area contributed by atoms with Crippen LogP contribution >= 0.6 is 11.6 Å². The highest BCUT2D eigenvalue weighted by Gasteiger charge is 2.24. The fourth-order valence-corrected chi connectivity index (χ4v) is 2.19. The van der Waals surface area contributed by atoms with Gasteiger partial charge in [0.05, 0.1) is 7.11 Å². The number of aromatic nitrogens is 3. The molecule has 1 aromatic rings. The number of carbonyl (C=O) groups excluding carboxylic acids is 1. The van der Waals surface area contributed by atoms with Gasteiger partial charge in [-0.3, -0.25) is 4.79 Å². The van der Waals surface area contributed by atoms with Crippen LogP contribution < -0.4 is 9.64 Å². The van der Waals surface area contributed by atoms with Gasteiger partial charge in [0, 0.05) is 25.9 Å². The first-order chi connectivity index (χ1) is 8.60. The normalized spacial score (nSPS) is 16.7. The van der Waals surface area contributed by atoms with Crippen LogP contribution in [0.15, 0.2) is 0 Å². The number of nitrogens with zero attached hydrogens (tertiary/aromatic N) is 4. The van der Waals surface area contributed by atoms with Crippen LogP contribution in [0.3, 0.4) is 0 Å². The van der Waals surface area contributed by atoms with Gasteiger partial charge in [0.25, 0.3) is 0 Å². The van der Waals surface area contributed by atoms with E-state index in [9.17, 15) is 4.79 Å². The molecule has 0 spiro atoms. The molecular formula is C11H15ClN4O2. The van der Waals surface area contributed by atoms with E-state index >= 15 is 0 Å². The van der Waals surface area contributed by atoms with Gasteiger partial charge in [-0.05, 0) is 24.4 Å².